The Morgan fingerprint density at radius 1 is 0.364 bits per heavy atom. The fourth-order valence-corrected chi connectivity index (χ4v) is 33.7. The molecule has 0 aromatic carbocycles. The standard InChI is InChI=1S/4C4H11Si.2Sb/c4*1-5(2,3)4;;/h4*1H2,2-4H3;;. The van der Waals surface area contributed by atoms with Crippen LogP contribution in [0.1, 0.15) is 0 Å². The van der Waals surface area contributed by atoms with Gasteiger partial charge in [-0.25, -0.2) is 0 Å². The van der Waals surface area contributed by atoms with Gasteiger partial charge in [0.15, 0.2) is 0 Å². The maximum absolute atomic E-state index is 2.51. The first kappa shape index (κ1) is 26.7. The van der Waals surface area contributed by atoms with Crippen molar-refractivity contribution in [1.82, 2.24) is 0 Å². The van der Waals surface area contributed by atoms with Gasteiger partial charge in [-0.2, -0.15) is 0 Å². The molecule has 0 heterocycles. The van der Waals surface area contributed by atoms with Crippen LogP contribution in [0.15, 0.2) is 0 Å². The number of rotatable bonds is 8. The Balaban J connectivity index is 0. The van der Waals surface area contributed by atoms with E-state index < -0.39 is 32.3 Å². The van der Waals surface area contributed by atoms with Crippen molar-refractivity contribution in [2.24, 2.45) is 0 Å². The van der Waals surface area contributed by atoms with Crippen LogP contribution in [0.3, 0.4) is 0 Å². The van der Waals surface area contributed by atoms with Gasteiger partial charge in [0.05, 0.1) is 0 Å². The van der Waals surface area contributed by atoms with E-state index in [1.165, 1.54) is 0 Å². The van der Waals surface area contributed by atoms with Crippen molar-refractivity contribution in [2.75, 3.05) is 0 Å². The summed E-state index contributed by atoms with van der Waals surface area (Å²) in [5.74, 6) is 0. The minimum absolute atomic E-state index is 0.233. The minimum atomic E-state index is -0.668. The van der Waals surface area contributed by atoms with Gasteiger partial charge in [0.25, 0.3) is 0 Å². The summed E-state index contributed by atoms with van der Waals surface area (Å²) in [7, 11) is -2.67. The van der Waals surface area contributed by atoms with E-state index in [2.05, 4.69) is 78.6 Å². The van der Waals surface area contributed by atoms with E-state index in [1.54, 1.807) is 16.0 Å². The second-order valence-electron chi connectivity index (χ2n) is 11.3. The SMILES string of the molecule is C[Si](C)(C)[CH2][Sb][CH2][Si](C)(C)C.C[Si](C)(C)[CH2][Sb][CH2][Si](C)(C)C. The molecule has 0 saturated carbocycles. The van der Waals surface area contributed by atoms with Crippen LogP contribution in [-0.4, -0.2) is 75.5 Å². The molecular weight excluding hydrogens is 548 g/mol. The van der Waals surface area contributed by atoms with Crippen LogP contribution in [0.25, 0.3) is 0 Å². The molecule has 0 aliphatic heterocycles. The molecule has 0 aromatic rings. The Morgan fingerprint density at radius 2 is 0.500 bits per heavy atom. The maximum atomic E-state index is 2.51. The van der Waals surface area contributed by atoms with Crippen LogP contribution in [0.2, 0.25) is 94.5 Å². The summed E-state index contributed by atoms with van der Waals surface area (Å²) < 4.78 is 6.70. The molecule has 0 rings (SSSR count). The average molecular weight is 592 g/mol. The molecule has 0 amide bonds. The Labute approximate surface area is 168 Å². The molecule has 0 fully saturated rings. The molecule has 0 atom stereocenters. The van der Waals surface area contributed by atoms with E-state index in [-0.39, 0.29) is 43.2 Å². The van der Waals surface area contributed by atoms with Crippen LogP contribution in [-0.2, 0) is 0 Å². The predicted molar refractivity (Wildman–Crippen MR) is 124 cm³/mol. The van der Waals surface area contributed by atoms with E-state index >= 15 is 0 Å². The summed E-state index contributed by atoms with van der Waals surface area (Å²) in [6.07, 6.45) is 0. The molecule has 0 N–H and O–H groups in total. The monoisotopic (exact) mass is 590 g/mol. The van der Waals surface area contributed by atoms with Crippen molar-refractivity contribution < 1.29 is 0 Å². The first-order valence-corrected chi connectivity index (χ1v) is 30.7. The van der Waals surface area contributed by atoms with Crippen LogP contribution >= 0.6 is 0 Å². The molecule has 0 bridgehead atoms. The van der Waals surface area contributed by atoms with Crippen LogP contribution < -0.4 is 0 Å². The summed E-state index contributed by atoms with van der Waals surface area (Å²) in [6.45, 7) is 30.1. The van der Waals surface area contributed by atoms with E-state index in [0.717, 1.165) is 0 Å². The van der Waals surface area contributed by atoms with Crippen molar-refractivity contribution >= 4 is 75.5 Å². The summed E-state index contributed by atoms with van der Waals surface area (Å²) in [5.41, 5.74) is 0. The fourth-order valence-electron chi connectivity index (χ4n) is 1.45. The second kappa shape index (κ2) is 11.3. The Kier molecular flexibility index (Phi) is 13.7. The van der Waals surface area contributed by atoms with Gasteiger partial charge in [0.2, 0.25) is 0 Å². The summed E-state index contributed by atoms with van der Waals surface area (Å²) in [4.78, 5) is 0. The van der Waals surface area contributed by atoms with Crippen LogP contribution in [0.5, 0.6) is 0 Å². The third-order valence-electron chi connectivity index (χ3n) is 2.34. The first-order valence-electron chi connectivity index (χ1n) is 8.68. The molecule has 6 heteroatoms. The van der Waals surface area contributed by atoms with Crippen molar-refractivity contribution in [1.29, 1.82) is 0 Å². The molecule has 0 aliphatic carbocycles. The molecule has 0 nitrogen and oxygen atoms in total. The van der Waals surface area contributed by atoms with Gasteiger partial charge in [-0.05, 0) is 0 Å². The van der Waals surface area contributed by atoms with Gasteiger partial charge in [-0.1, -0.05) is 0 Å². The van der Waals surface area contributed by atoms with Crippen LogP contribution in [0.4, 0.5) is 0 Å². The van der Waals surface area contributed by atoms with Crippen molar-refractivity contribution in [3.63, 3.8) is 0 Å². The van der Waals surface area contributed by atoms with E-state index in [0.29, 0.717) is 0 Å². The molecule has 0 aliphatic rings. The zero-order valence-corrected chi connectivity index (χ0v) is 26.8. The van der Waals surface area contributed by atoms with E-state index in [1.807, 2.05) is 0 Å². The summed E-state index contributed by atoms with van der Waals surface area (Å²) >= 11 is 0.466. The Hall–Kier alpha value is 2.50. The number of hydrogen-bond donors (Lipinski definition) is 0. The first-order chi connectivity index (χ1) is 9.41. The van der Waals surface area contributed by atoms with Gasteiger partial charge in [-0.3, -0.25) is 0 Å². The molecule has 0 saturated heterocycles. The van der Waals surface area contributed by atoms with E-state index in [4.69, 9.17) is 0 Å². The van der Waals surface area contributed by atoms with Gasteiger partial charge in [0.1, 0.15) is 0 Å². The molecule has 22 heavy (non-hydrogen) atoms. The van der Waals surface area contributed by atoms with Crippen molar-refractivity contribution in [3.8, 4) is 0 Å². The van der Waals surface area contributed by atoms with Gasteiger partial charge in [-0.15, -0.1) is 0 Å². The van der Waals surface area contributed by atoms with Crippen LogP contribution in [0, 0.1) is 0 Å². The van der Waals surface area contributed by atoms with Gasteiger partial charge < -0.3 is 0 Å². The second-order valence-corrected chi connectivity index (χ2v) is 46.5. The summed E-state index contributed by atoms with van der Waals surface area (Å²) in [6, 6.07) is 0. The van der Waals surface area contributed by atoms with Gasteiger partial charge >= 0.3 is 170 Å². The molecule has 2 radical (unpaired) electrons. The third-order valence-corrected chi connectivity index (χ3v) is 47.2. The van der Waals surface area contributed by atoms with E-state index in [9.17, 15) is 0 Å². The quantitative estimate of drug-likeness (QED) is 0.280. The van der Waals surface area contributed by atoms with Gasteiger partial charge in [0, 0.05) is 0 Å². The molecule has 0 aromatic heterocycles. The zero-order valence-electron chi connectivity index (χ0n) is 17.7. The summed E-state index contributed by atoms with van der Waals surface area (Å²) in [5, 5.41) is 0. The number of hydrogen-bond acceptors (Lipinski definition) is 0. The third kappa shape index (κ3) is 30.4. The molecule has 0 unspecified atom stereocenters. The normalized spacial score (nSPS) is 13.6. The molecular formula is C16H44Sb2Si4. The Bertz CT molecular complexity index is 222. The predicted octanol–water partition coefficient (Wildman–Crippen LogP) is 6.56. The fraction of sp³-hybridized carbons (Fsp3) is 1.00. The van der Waals surface area contributed by atoms with Crippen molar-refractivity contribution in [2.45, 2.75) is 94.5 Å². The van der Waals surface area contributed by atoms with Crippen molar-refractivity contribution in [3.05, 3.63) is 0 Å². The molecule has 134 valence electrons. The average Bonchev–Trinajstić information content (AvgIpc) is 2.08. The zero-order chi connectivity index (χ0) is 18.2. The topological polar surface area (TPSA) is 0 Å². The molecule has 0 spiro atoms. The Morgan fingerprint density at radius 3 is 0.591 bits per heavy atom.